The summed E-state index contributed by atoms with van der Waals surface area (Å²) in [6, 6.07) is -0.225. The molecule has 0 radical (unpaired) electrons. The molecule has 0 saturated carbocycles. The van der Waals surface area contributed by atoms with Crippen LogP contribution < -0.4 is 0 Å². The Labute approximate surface area is 171 Å². The van der Waals surface area contributed by atoms with Crippen molar-refractivity contribution in [2.24, 2.45) is 11.8 Å². The molecule has 0 aromatic carbocycles. The number of nitrogens with zero attached hydrogens (tertiary/aromatic N) is 1. The molecule has 158 valence electrons. The lowest BCUT2D eigenvalue weighted by atomic mass is 9.79. The predicted molar refractivity (Wildman–Crippen MR) is 113 cm³/mol. The number of carbonyl (C=O) groups excluding carboxylic acids is 2. The summed E-state index contributed by atoms with van der Waals surface area (Å²) in [7, 11) is -3.43. The van der Waals surface area contributed by atoms with Crippen LogP contribution in [0.1, 0.15) is 34.6 Å². The van der Waals surface area contributed by atoms with Gasteiger partial charge < -0.3 is 14.1 Å². The standard InChI is InChI=1S/C20H33NO5SSi/c1-10-11-25-19(23)16-17(27(7)24)12(2)15-14(18(22)21(15)16)13(3)26-28(8,9)20(4,5)6/h10,12-15H,1,11H2,2-9H3/t12-,13-,14-,15-,27-/m1/s1. The van der Waals surface area contributed by atoms with Crippen LogP contribution in [0.2, 0.25) is 18.1 Å². The first-order valence-corrected chi connectivity index (χ1v) is 14.1. The number of ether oxygens (including phenoxy) is 1. The molecule has 2 rings (SSSR count). The van der Waals surface area contributed by atoms with E-state index in [1.807, 2.05) is 13.8 Å². The van der Waals surface area contributed by atoms with Gasteiger partial charge in [-0.2, -0.15) is 0 Å². The Morgan fingerprint density at radius 3 is 2.43 bits per heavy atom. The third-order valence-corrected chi connectivity index (χ3v) is 12.0. The number of esters is 1. The largest absolute Gasteiger partial charge is 0.457 e. The molecule has 0 unspecified atom stereocenters. The molecule has 8 heteroatoms. The summed E-state index contributed by atoms with van der Waals surface area (Å²) >= 11 is 0. The molecule has 28 heavy (non-hydrogen) atoms. The average Bonchev–Trinajstić information content (AvgIpc) is 2.80. The van der Waals surface area contributed by atoms with Gasteiger partial charge in [-0.1, -0.05) is 40.3 Å². The van der Waals surface area contributed by atoms with Gasteiger partial charge in [-0.25, -0.2) is 4.79 Å². The van der Waals surface area contributed by atoms with Crippen molar-refractivity contribution in [1.29, 1.82) is 0 Å². The molecule has 1 amide bonds. The molecule has 5 atom stereocenters. The van der Waals surface area contributed by atoms with E-state index in [1.54, 1.807) is 0 Å². The summed E-state index contributed by atoms with van der Waals surface area (Å²) in [4.78, 5) is 27.5. The summed E-state index contributed by atoms with van der Waals surface area (Å²) in [5, 5.41) is 0.0308. The van der Waals surface area contributed by atoms with Crippen LogP contribution >= 0.6 is 0 Å². The van der Waals surface area contributed by atoms with Gasteiger partial charge in [-0.05, 0) is 25.1 Å². The molecule has 0 aromatic heterocycles. The summed E-state index contributed by atoms with van der Waals surface area (Å²) in [6.07, 6.45) is 2.73. The van der Waals surface area contributed by atoms with E-state index in [9.17, 15) is 13.8 Å². The summed E-state index contributed by atoms with van der Waals surface area (Å²) in [5.41, 5.74) is 0.140. The average molecular weight is 428 g/mol. The first kappa shape index (κ1) is 23.0. The number of fused-ring (bicyclic) bond motifs is 1. The second-order valence-electron chi connectivity index (χ2n) is 9.15. The zero-order valence-corrected chi connectivity index (χ0v) is 20.0. The Morgan fingerprint density at radius 1 is 1.39 bits per heavy atom. The highest BCUT2D eigenvalue weighted by molar-refractivity contribution is 7.88. The first-order chi connectivity index (χ1) is 12.8. The van der Waals surface area contributed by atoms with Gasteiger partial charge in [0.25, 0.3) is 0 Å². The maximum atomic E-state index is 13.0. The Bertz CT molecular complexity index is 739. The van der Waals surface area contributed by atoms with E-state index in [2.05, 4.69) is 40.4 Å². The predicted octanol–water partition coefficient (Wildman–Crippen LogP) is 3.19. The van der Waals surface area contributed by atoms with Gasteiger partial charge in [0, 0.05) is 23.0 Å². The molecule has 0 spiro atoms. The smallest absolute Gasteiger partial charge is 0.356 e. The van der Waals surface area contributed by atoms with Gasteiger partial charge >= 0.3 is 5.97 Å². The summed E-state index contributed by atoms with van der Waals surface area (Å²) in [6.45, 7) is 18.2. The number of carbonyl (C=O) groups is 2. The molecule has 0 bridgehead atoms. The highest BCUT2D eigenvalue weighted by atomic mass is 32.2. The van der Waals surface area contributed by atoms with Crippen LogP contribution in [0.4, 0.5) is 0 Å². The number of hydrogen-bond donors (Lipinski definition) is 0. The van der Waals surface area contributed by atoms with Crippen LogP contribution in [0, 0.1) is 11.8 Å². The fraction of sp³-hybridized carbons (Fsp3) is 0.700. The molecule has 0 aliphatic carbocycles. The molecular weight excluding hydrogens is 394 g/mol. The third-order valence-electron chi connectivity index (χ3n) is 6.22. The minimum atomic E-state index is -2.05. The van der Waals surface area contributed by atoms with Crippen molar-refractivity contribution in [3.8, 4) is 0 Å². The van der Waals surface area contributed by atoms with Crippen LogP contribution in [0.5, 0.6) is 0 Å². The quantitative estimate of drug-likeness (QED) is 0.270. The van der Waals surface area contributed by atoms with Gasteiger partial charge in [-0.3, -0.25) is 9.00 Å². The van der Waals surface area contributed by atoms with Crippen molar-refractivity contribution in [2.45, 2.75) is 64.9 Å². The monoisotopic (exact) mass is 427 g/mol. The number of rotatable bonds is 7. The van der Waals surface area contributed by atoms with E-state index >= 15 is 0 Å². The minimum Gasteiger partial charge on any atom is -0.457 e. The molecule has 1 saturated heterocycles. The number of amides is 1. The Morgan fingerprint density at radius 2 is 1.96 bits per heavy atom. The first-order valence-electron chi connectivity index (χ1n) is 9.62. The normalized spacial score (nSPS) is 27.2. The molecule has 1 fully saturated rings. The summed E-state index contributed by atoms with van der Waals surface area (Å²) in [5.74, 6) is -1.32. The van der Waals surface area contributed by atoms with Crippen LogP contribution in [0.25, 0.3) is 0 Å². The molecule has 2 heterocycles. The molecule has 2 aliphatic rings. The van der Waals surface area contributed by atoms with Crippen molar-refractivity contribution in [3.63, 3.8) is 0 Å². The Kier molecular flexibility index (Phi) is 6.48. The van der Waals surface area contributed by atoms with Crippen LogP contribution in [-0.2, 0) is 29.6 Å². The lowest BCUT2D eigenvalue weighted by Gasteiger charge is -2.50. The van der Waals surface area contributed by atoms with Gasteiger partial charge in [0.2, 0.25) is 5.91 Å². The fourth-order valence-electron chi connectivity index (χ4n) is 3.81. The zero-order valence-electron chi connectivity index (χ0n) is 18.2. The van der Waals surface area contributed by atoms with E-state index < -0.39 is 25.1 Å². The number of hydrogen-bond acceptors (Lipinski definition) is 5. The third kappa shape index (κ3) is 3.78. The Hall–Kier alpha value is -1.25. The van der Waals surface area contributed by atoms with Crippen LogP contribution in [-0.4, -0.2) is 54.3 Å². The lowest BCUT2D eigenvalue weighted by molar-refractivity contribution is -0.163. The van der Waals surface area contributed by atoms with Gasteiger partial charge in [0.1, 0.15) is 12.3 Å². The highest BCUT2D eigenvalue weighted by Crippen LogP contribution is 2.49. The van der Waals surface area contributed by atoms with Gasteiger partial charge in [0.05, 0.1) is 23.0 Å². The number of β-lactam (4-membered cyclic amide) rings is 1. The van der Waals surface area contributed by atoms with E-state index in [4.69, 9.17) is 9.16 Å². The van der Waals surface area contributed by atoms with Crippen LogP contribution in [0.3, 0.4) is 0 Å². The molecule has 0 N–H and O–H groups in total. The zero-order chi connectivity index (χ0) is 21.6. The summed E-state index contributed by atoms with van der Waals surface area (Å²) < 4.78 is 24.0. The minimum absolute atomic E-state index is 0.0308. The van der Waals surface area contributed by atoms with Crippen LogP contribution in [0.15, 0.2) is 23.3 Å². The van der Waals surface area contributed by atoms with Crippen molar-refractivity contribution in [2.75, 3.05) is 12.9 Å². The van der Waals surface area contributed by atoms with Gasteiger partial charge in [-0.15, -0.1) is 0 Å². The maximum absolute atomic E-state index is 13.0. The van der Waals surface area contributed by atoms with Crippen molar-refractivity contribution in [3.05, 3.63) is 23.3 Å². The van der Waals surface area contributed by atoms with Crippen molar-refractivity contribution in [1.82, 2.24) is 4.90 Å². The van der Waals surface area contributed by atoms with Crippen molar-refractivity contribution < 1.29 is 23.0 Å². The maximum Gasteiger partial charge on any atom is 0.356 e. The fourth-order valence-corrected chi connectivity index (χ4v) is 6.36. The highest BCUT2D eigenvalue weighted by Gasteiger charge is 2.61. The Balaban J connectivity index is 2.30. The van der Waals surface area contributed by atoms with E-state index in [-0.39, 0.29) is 47.2 Å². The SMILES string of the molecule is C=CCOC(=O)C1=C([S@@](C)=O)[C@H](C)[C@@H]2[C@@H]([C@@H](C)O[Si](C)(C)C(C)(C)C)C(=O)N12. The van der Waals surface area contributed by atoms with Crippen molar-refractivity contribution >= 4 is 31.0 Å². The molecule has 2 aliphatic heterocycles. The molecular formula is C20H33NO5SSi. The van der Waals surface area contributed by atoms with E-state index in [0.29, 0.717) is 4.91 Å². The molecule has 0 aromatic rings. The second kappa shape index (κ2) is 7.87. The second-order valence-corrected chi connectivity index (χ2v) is 15.3. The lowest BCUT2D eigenvalue weighted by Crippen LogP contribution is -2.65. The van der Waals surface area contributed by atoms with E-state index in [0.717, 1.165) is 0 Å². The topological polar surface area (TPSA) is 72.9 Å². The van der Waals surface area contributed by atoms with E-state index in [1.165, 1.54) is 17.2 Å². The molecule has 6 nitrogen and oxygen atoms in total. The van der Waals surface area contributed by atoms with Gasteiger partial charge in [0.15, 0.2) is 8.32 Å².